The van der Waals surface area contributed by atoms with Gasteiger partial charge in [-0.25, -0.2) is 19.2 Å². The predicted octanol–water partition coefficient (Wildman–Crippen LogP) is 4.50. The average Bonchev–Trinajstić information content (AvgIpc) is 2.71. The second kappa shape index (κ2) is 9.01. The van der Waals surface area contributed by atoms with Crippen molar-refractivity contribution in [1.29, 1.82) is 0 Å². The number of anilines is 5. The van der Waals surface area contributed by atoms with E-state index in [1.165, 1.54) is 12.4 Å². The van der Waals surface area contributed by atoms with Crippen LogP contribution in [0.15, 0.2) is 54.9 Å². The average molecular weight is 395 g/mol. The largest absolute Gasteiger partial charge is 0.462 e. The van der Waals surface area contributed by atoms with Gasteiger partial charge in [0.05, 0.1) is 17.9 Å². The van der Waals surface area contributed by atoms with Crippen molar-refractivity contribution in [3.8, 4) is 0 Å². The van der Waals surface area contributed by atoms with E-state index in [0.717, 1.165) is 0 Å². The van der Waals surface area contributed by atoms with Gasteiger partial charge in [-0.3, -0.25) is 0 Å². The van der Waals surface area contributed by atoms with Gasteiger partial charge in [-0.2, -0.15) is 0 Å². The van der Waals surface area contributed by atoms with Crippen LogP contribution in [0.4, 0.5) is 33.1 Å². The lowest BCUT2D eigenvalue weighted by Gasteiger charge is -2.13. The number of nitrogens with one attached hydrogen (secondary N) is 2. The monoisotopic (exact) mass is 395 g/mol. The fourth-order valence-electron chi connectivity index (χ4n) is 2.44. The first-order valence-electron chi connectivity index (χ1n) is 9.10. The van der Waals surface area contributed by atoms with Gasteiger partial charge >= 0.3 is 5.97 Å². The van der Waals surface area contributed by atoms with Crippen LogP contribution in [0.2, 0.25) is 0 Å². The number of hydrogen-bond donors (Lipinski definition) is 3. The van der Waals surface area contributed by atoms with Crippen LogP contribution in [0.5, 0.6) is 0 Å². The summed E-state index contributed by atoms with van der Waals surface area (Å²) in [7, 11) is 0. The van der Waals surface area contributed by atoms with Crippen molar-refractivity contribution in [2.75, 3.05) is 23.0 Å². The molecular formula is C21H22FN5O2. The fourth-order valence-corrected chi connectivity index (χ4v) is 2.44. The lowest BCUT2D eigenvalue weighted by Crippen LogP contribution is -2.10. The minimum Gasteiger partial charge on any atom is -0.462 e. The Balaban J connectivity index is 1.72. The highest BCUT2D eigenvalue weighted by Gasteiger charge is 2.12. The van der Waals surface area contributed by atoms with Crippen molar-refractivity contribution in [3.05, 3.63) is 66.2 Å². The first-order chi connectivity index (χ1) is 13.9. The minimum atomic E-state index is -0.417. The van der Waals surface area contributed by atoms with E-state index in [1.807, 2.05) is 13.8 Å². The molecule has 0 saturated heterocycles. The SMILES string of the molecule is CC(C)COC(=O)c1ccc(Nc2ncnc(Nc3ccccc3F)c2N)cc1. The van der Waals surface area contributed by atoms with E-state index >= 15 is 0 Å². The molecule has 4 N–H and O–H groups in total. The molecule has 0 bridgehead atoms. The van der Waals surface area contributed by atoms with E-state index in [-0.39, 0.29) is 29.1 Å². The van der Waals surface area contributed by atoms with Gasteiger partial charge in [-0.15, -0.1) is 0 Å². The van der Waals surface area contributed by atoms with E-state index in [1.54, 1.807) is 42.5 Å². The van der Waals surface area contributed by atoms with Crippen LogP contribution in [0.25, 0.3) is 0 Å². The maximum atomic E-state index is 13.9. The van der Waals surface area contributed by atoms with Crippen molar-refractivity contribution < 1.29 is 13.9 Å². The number of nitrogen functional groups attached to an aromatic ring is 1. The number of esters is 1. The number of benzene rings is 2. The first-order valence-corrected chi connectivity index (χ1v) is 9.10. The highest BCUT2D eigenvalue weighted by molar-refractivity contribution is 5.90. The van der Waals surface area contributed by atoms with Crippen LogP contribution in [0.1, 0.15) is 24.2 Å². The van der Waals surface area contributed by atoms with Gasteiger partial charge in [0.15, 0.2) is 11.6 Å². The number of carbonyl (C=O) groups is 1. The Labute approximate surface area is 168 Å². The Hall–Kier alpha value is -3.68. The van der Waals surface area contributed by atoms with Crippen molar-refractivity contribution in [2.45, 2.75) is 13.8 Å². The predicted molar refractivity (Wildman–Crippen MR) is 111 cm³/mol. The Morgan fingerprint density at radius 3 is 2.38 bits per heavy atom. The van der Waals surface area contributed by atoms with Gasteiger partial charge in [0.2, 0.25) is 0 Å². The molecule has 150 valence electrons. The summed E-state index contributed by atoms with van der Waals surface area (Å²) in [6.07, 6.45) is 1.32. The number of nitrogens with zero attached hydrogens (tertiary/aromatic N) is 2. The van der Waals surface area contributed by atoms with Gasteiger partial charge in [-0.05, 0) is 42.3 Å². The third kappa shape index (κ3) is 5.19. The maximum absolute atomic E-state index is 13.9. The van der Waals surface area contributed by atoms with Gasteiger partial charge < -0.3 is 21.1 Å². The number of ether oxygens (including phenoxy) is 1. The van der Waals surface area contributed by atoms with Crippen molar-refractivity contribution in [1.82, 2.24) is 9.97 Å². The number of halogens is 1. The third-order valence-electron chi connectivity index (χ3n) is 3.94. The molecule has 0 spiro atoms. The van der Waals surface area contributed by atoms with Crippen LogP contribution >= 0.6 is 0 Å². The quantitative estimate of drug-likeness (QED) is 0.506. The molecular weight excluding hydrogens is 373 g/mol. The summed E-state index contributed by atoms with van der Waals surface area (Å²) in [6, 6.07) is 13.0. The molecule has 8 heteroatoms. The van der Waals surface area contributed by atoms with Crippen LogP contribution in [-0.2, 0) is 4.74 Å². The second-order valence-electron chi connectivity index (χ2n) is 6.78. The molecule has 3 aromatic rings. The highest BCUT2D eigenvalue weighted by Crippen LogP contribution is 2.29. The number of para-hydroxylation sites is 1. The molecule has 7 nitrogen and oxygen atoms in total. The van der Waals surface area contributed by atoms with Crippen LogP contribution in [-0.4, -0.2) is 22.5 Å². The molecule has 0 unspecified atom stereocenters. The fraction of sp³-hybridized carbons (Fsp3) is 0.190. The zero-order valence-electron chi connectivity index (χ0n) is 16.1. The normalized spacial score (nSPS) is 10.6. The summed E-state index contributed by atoms with van der Waals surface area (Å²) < 4.78 is 19.1. The Morgan fingerprint density at radius 2 is 1.72 bits per heavy atom. The summed E-state index contributed by atoms with van der Waals surface area (Å²) in [6.45, 7) is 4.32. The molecule has 0 saturated carbocycles. The number of carbonyl (C=O) groups excluding carboxylic acids is 1. The molecule has 1 heterocycles. The highest BCUT2D eigenvalue weighted by atomic mass is 19.1. The summed E-state index contributed by atoms with van der Waals surface area (Å²) in [5.41, 5.74) is 7.74. The molecule has 29 heavy (non-hydrogen) atoms. The van der Waals surface area contributed by atoms with Crippen molar-refractivity contribution in [2.24, 2.45) is 5.92 Å². The lowest BCUT2D eigenvalue weighted by atomic mass is 10.2. The first kappa shape index (κ1) is 20.1. The number of nitrogens with two attached hydrogens (primary N) is 1. The molecule has 0 atom stereocenters. The van der Waals surface area contributed by atoms with E-state index in [0.29, 0.717) is 23.7 Å². The maximum Gasteiger partial charge on any atom is 0.338 e. The molecule has 3 rings (SSSR count). The minimum absolute atomic E-state index is 0.233. The van der Waals surface area contributed by atoms with Gasteiger partial charge in [-0.1, -0.05) is 26.0 Å². The summed E-state index contributed by atoms with van der Waals surface area (Å²) in [5, 5.41) is 5.93. The summed E-state index contributed by atoms with van der Waals surface area (Å²) >= 11 is 0. The van der Waals surface area contributed by atoms with E-state index < -0.39 is 5.82 Å². The second-order valence-corrected chi connectivity index (χ2v) is 6.78. The topological polar surface area (TPSA) is 102 Å². The molecule has 1 aromatic heterocycles. The molecule has 0 amide bonds. The lowest BCUT2D eigenvalue weighted by molar-refractivity contribution is 0.0459. The Morgan fingerprint density at radius 1 is 1.07 bits per heavy atom. The van der Waals surface area contributed by atoms with E-state index in [9.17, 15) is 9.18 Å². The standard InChI is InChI=1S/C21H22FN5O2/c1-13(2)11-29-21(28)14-7-9-15(10-8-14)26-19-18(23)20(25-12-24-19)27-17-6-4-3-5-16(17)22/h3-10,12-13H,11,23H2,1-2H3,(H2,24,25,26,27). The molecule has 0 fully saturated rings. The van der Waals surface area contributed by atoms with Gasteiger partial charge in [0.1, 0.15) is 17.8 Å². The van der Waals surface area contributed by atoms with E-state index in [2.05, 4.69) is 20.6 Å². The van der Waals surface area contributed by atoms with Crippen molar-refractivity contribution in [3.63, 3.8) is 0 Å². The Kier molecular flexibility index (Phi) is 6.23. The Bertz CT molecular complexity index is 993. The van der Waals surface area contributed by atoms with Crippen LogP contribution < -0.4 is 16.4 Å². The summed E-state index contributed by atoms with van der Waals surface area (Å²) in [5.74, 6) is 0.117. The van der Waals surface area contributed by atoms with Gasteiger partial charge in [0, 0.05) is 5.69 Å². The van der Waals surface area contributed by atoms with E-state index in [4.69, 9.17) is 10.5 Å². The number of aromatic nitrogens is 2. The van der Waals surface area contributed by atoms with Gasteiger partial charge in [0.25, 0.3) is 0 Å². The number of rotatable bonds is 7. The smallest absolute Gasteiger partial charge is 0.338 e. The molecule has 0 radical (unpaired) electrons. The zero-order chi connectivity index (χ0) is 20.8. The molecule has 0 aliphatic heterocycles. The summed E-state index contributed by atoms with van der Waals surface area (Å²) in [4.78, 5) is 20.2. The van der Waals surface area contributed by atoms with Crippen LogP contribution in [0, 0.1) is 11.7 Å². The zero-order valence-corrected chi connectivity index (χ0v) is 16.1. The molecule has 2 aromatic carbocycles. The molecule has 0 aliphatic carbocycles. The third-order valence-corrected chi connectivity index (χ3v) is 3.94. The van der Waals surface area contributed by atoms with Crippen LogP contribution in [0.3, 0.4) is 0 Å². The number of hydrogen-bond acceptors (Lipinski definition) is 7. The molecule has 0 aliphatic rings. The van der Waals surface area contributed by atoms with Crippen molar-refractivity contribution >= 4 is 34.7 Å².